The molecule has 6 heteroatoms. The Morgan fingerprint density at radius 1 is 1.30 bits per heavy atom. The number of imidazole rings is 1. The number of nitrogens with one attached hydrogen (secondary N) is 1. The summed E-state index contributed by atoms with van der Waals surface area (Å²) in [6.45, 7) is 0. The predicted molar refractivity (Wildman–Crippen MR) is 73.0 cm³/mol. The third-order valence-corrected chi connectivity index (χ3v) is 2.94. The van der Waals surface area contributed by atoms with Gasteiger partial charge in [0.25, 0.3) is 0 Å². The van der Waals surface area contributed by atoms with Gasteiger partial charge in [0.2, 0.25) is 0 Å². The van der Waals surface area contributed by atoms with Crippen LogP contribution in [0.4, 0.5) is 0 Å². The molecule has 20 heavy (non-hydrogen) atoms. The zero-order valence-corrected chi connectivity index (χ0v) is 10.8. The fraction of sp³-hybridized carbons (Fsp3) is 0.143. The number of fused-ring (bicyclic) bond motifs is 1. The lowest BCUT2D eigenvalue weighted by Gasteiger charge is -2.07. The molecular weight excluding hydrogens is 254 g/mol. The van der Waals surface area contributed by atoms with E-state index in [2.05, 4.69) is 26.0 Å². The number of rotatable bonds is 3. The first-order chi connectivity index (χ1) is 9.81. The second-order valence-electron chi connectivity index (χ2n) is 4.18. The van der Waals surface area contributed by atoms with Gasteiger partial charge in [-0.3, -0.25) is 0 Å². The fourth-order valence-electron chi connectivity index (χ4n) is 2.01. The quantitative estimate of drug-likeness (QED) is 0.783. The van der Waals surface area contributed by atoms with Crippen molar-refractivity contribution >= 4 is 11.3 Å². The smallest absolute Gasteiger partial charge is 0.197 e. The molecule has 0 spiro atoms. The number of aromatic amines is 1. The van der Waals surface area contributed by atoms with E-state index in [1.807, 2.05) is 18.2 Å². The van der Waals surface area contributed by atoms with Crippen LogP contribution in [0.3, 0.4) is 0 Å². The normalized spacial score (nSPS) is 10.4. The van der Waals surface area contributed by atoms with Gasteiger partial charge in [0.15, 0.2) is 11.3 Å². The van der Waals surface area contributed by atoms with Gasteiger partial charge in [0.05, 0.1) is 25.2 Å². The molecule has 0 atom stereocenters. The van der Waals surface area contributed by atoms with E-state index in [1.54, 1.807) is 19.5 Å². The van der Waals surface area contributed by atoms with Crippen LogP contribution in [-0.4, -0.2) is 27.0 Å². The largest absolute Gasteiger partial charge is 0.496 e. The molecule has 2 aromatic heterocycles. The molecule has 98 valence electrons. The Kier molecular flexibility index (Phi) is 3.01. The van der Waals surface area contributed by atoms with Crippen molar-refractivity contribution in [2.75, 3.05) is 7.11 Å². The van der Waals surface area contributed by atoms with Crippen molar-refractivity contribution < 1.29 is 4.74 Å². The number of nitrogens with zero attached hydrogens (tertiary/aromatic N) is 4. The van der Waals surface area contributed by atoms with Crippen molar-refractivity contribution in [2.24, 2.45) is 0 Å². The maximum absolute atomic E-state index is 8.74. The van der Waals surface area contributed by atoms with Crippen LogP contribution in [0, 0.1) is 11.3 Å². The van der Waals surface area contributed by atoms with Crippen LogP contribution in [0.15, 0.2) is 30.6 Å². The van der Waals surface area contributed by atoms with Crippen LogP contribution in [0.2, 0.25) is 0 Å². The zero-order valence-electron chi connectivity index (χ0n) is 10.8. The van der Waals surface area contributed by atoms with Crippen LogP contribution in [-0.2, 0) is 6.42 Å². The standard InChI is InChI=1S/C14H11N5O/c1-20-11-8-9(4-5-15)2-3-10(11)12-18-13-14(19-12)17-7-6-16-13/h2-3,6-8H,4H2,1H3,(H,16,17,18,19). The molecule has 0 saturated heterocycles. The lowest BCUT2D eigenvalue weighted by Crippen LogP contribution is -1.92. The average Bonchev–Trinajstić information content (AvgIpc) is 2.91. The second-order valence-corrected chi connectivity index (χ2v) is 4.18. The minimum atomic E-state index is 0.347. The molecule has 0 fully saturated rings. The Morgan fingerprint density at radius 3 is 2.90 bits per heavy atom. The van der Waals surface area contributed by atoms with Gasteiger partial charge in [-0.15, -0.1) is 0 Å². The van der Waals surface area contributed by atoms with E-state index in [0.717, 1.165) is 11.1 Å². The zero-order chi connectivity index (χ0) is 13.9. The van der Waals surface area contributed by atoms with E-state index in [0.29, 0.717) is 29.3 Å². The van der Waals surface area contributed by atoms with Gasteiger partial charge in [0, 0.05) is 12.4 Å². The molecule has 2 heterocycles. The Labute approximate surface area is 115 Å². The van der Waals surface area contributed by atoms with E-state index in [4.69, 9.17) is 10.00 Å². The monoisotopic (exact) mass is 265 g/mol. The van der Waals surface area contributed by atoms with E-state index in [-0.39, 0.29) is 0 Å². The molecule has 1 aromatic carbocycles. The molecule has 3 aromatic rings. The highest BCUT2D eigenvalue weighted by atomic mass is 16.5. The minimum absolute atomic E-state index is 0.347. The first-order valence-corrected chi connectivity index (χ1v) is 6.03. The van der Waals surface area contributed by atoms with Gasteiger partial charge < -0.3 is 9.72 Å². The number of aromatic nitrogens is 4. The van der Waals surface area contributed by atoms with Gasteiger partial charge in [-0.1, -0.05) is 6.07 Å². The van der Waals surface area contributed by atoms with Gasteiger partial charge in [-0.2, -0.15) is 5.26 Å². The van der Waals surface area contributed by atoms with Gasteiger partial charge in [-0.25, -0.2) is 15.0 Å². The van der Waals surface area contributed by atoms with Crippen molar-refractivity contribution in [3.63, 3.8) is 0 Å². The third kappa shape index (κ3) is 2.06. The van der Waals surface area contributed by atoms with E-state index in [9.17, 15) is 0 Å². The molecule has 0 unspecified atom stereocenters. The lowest BCUT2D eigenvalue weighted by atomic mass is 10.1. The molecule has 0 radical (unpaired) electrons. The number of benzene rings is 1. The molecular formula is C14H11N5O. The highest BCUT2D eigenvalue weighted by molar-refractivity contribution is 5.74. The number of methoxy groups -OCH3 is 1. The van der Waals surface area contributed by atoms with Crippen molar-refractivity contribution in [3.8, 4) is 23.2 Å². The summed E-state index contributed by atoms with van der Waals surface area (Å²) < 4.78 is 5.37. The van der Waals surface area contributed by atoms with Crippen molar-refractivity contribution in [1.82, 2.24) is 19.9 Å². The maximum Gasteiger partial charge on any atom is 0.197 e. The van der Waals surface area contributed by atoms with Crippen LogP contribution in [0.5, 0.6) is 5.75 Å². The van der Waals surface area contributed by atoms with E-state index < -0.39 is 0 Å². The van der Waals surface area contributed by atoms with Gasteiger partial charge in [0.1, 0.15) is 11.6 Å². The maximum atomic E-state index is 8.74. The number of nitriles is 1. The van der Waals surface area contributed by atoms with Crippen LogP contribution in [0.1, 0.15) is 5.56 Å². The van der Waals surface area contributed by atoms with Crippen molar-refractivity contribution in [3.05, 3.63) is 36.2 Å². The van der Waals surface area contributed by atoms with E-state index >= 15 is 0 Å². The van der Waals surface area contributed by atoms with Crippen LogP contribution in [0.25, 0.3) is 22.7 Å². The molecule has 6 nitrogen and oxygen atoms in total. The molecule has 0 aliphatic rings. The number of ether oxygens (including phenoxy) is 1. The first-order valence-electron chi connectivity index (χ1n) is 6.03. The summed E-state index contributed by atoms with van der Waals surface area (Å²) >= 11 is 0. The molecule has 0 bridgehead atoms. The summed E-state index contributed by atoms with van der Waals surface area (Å²) in [5.74, 6) is 1.31. The highest BCUT2D eigenvalue weighted by Gasteiger charge is 2.12. The summed E-state index contributed by atoms with van der Waals surface area (Å²) in [6.07, 6.45) is 3.55. The Morgan fingerprint density at radius 2 is 2.15 bits per heavy atom. The lowest BCUT2D eigenvalue weighted by molar-refractivity contribution is 0.416. The minimum Gasteiger partial charge on any atom is -0.496 e. The summed E-state index contributed by atoms with van der Waals surface area (Å²) in [7, 11) is 1.59. The Bertz CT molecular complexity index is 770. The summed E-state index contributed by atoms with van der Waals surface area (Å²) in [6, 6.07) is 7.72. The molecule has 0 amide bonds. The first kappa shape index (κ1) is 12.1. The summed E-state index contributed by atoms with van der Waals surface area (Å²) in [4.78, 5) is 15.8. The Hall–Kier alpha value is -2.94. The number of hydrogen-bond acceptors (Lipinski definition) is 5. The highest BCUT2D eigenvalue weighted by Crippen LogP contribution is 2.29. The summed E-state index contributed by atoms with van der Waals surface area (Å²) in [5.41, 5.74) is 2.91. The van der Waals surface area contributed by atoms with Crippen LogP contribution >= 0.6 is 0 Å². The second kappa shape index (κ2) is 4.97. The molecule has 0 aliphatic heterocycles. The predicted octanol–water partition coefficient (Wildman–Crippen LogP) is 2.09. The summed E-state index contributed by atoms with van der Waals surface area (Å²) in [5, 5.41) is 8.74. The van der Waals surface area contributed by atoms with Crippen molar-refractivity contribution in [2.45, 2.75) is 6.42 Å². The van der Waals surface area contributed by atoms with E-state index in [1.165, 1.54) is 0 Å². The number of hydrogen-bond donors (Lipinski definition) is 1. The molecule has 0 saturated carbocycles. The third-order valence-electron chi connectivity index (χ3n) is 2.94. The number of H-pyrrole nitrogens is 1. The fourth-order valence-corrected chi connectivity index (χ4v) is 2.01. The average molecular weight is 265 g/mol. The Balaban J connectivity index is 2.11. The van der Waals surface area contributed by atoms with Crippen molar-refractivity contribution in [1.29, 1.82) is 5.26 Å². The topological polar surface area (TPSA) is 87.5 Å². The SMILES string of the molecule is COc1cc(CC#N)ccc1-c1nc2nccnc2[nH]1. The molecule has 1 N–H and O–H groups in total. The van der Waals surface area contributed by atoms with Crippen LogP contribution < -0.4 is 4.74 Å². The van der Waals surface area contributed by atoms with Gasteiger partial charge >= 0.3 is 0 Å². The molecule has 0 aliphatic carbocycles. The van der Waals surface area contributed by atoms with Gasteiger partial charge in [-0.05, 0) is 17.7 Å². The molecule has 3 rings (SSSR count).